The van der Waals surface area contributed by atoms with Gasteiger partial charge in [-0.15, -0.1) is 0 Å². The Morgan fingerprint density at radius 1 is 1.39 bits per heavy atom. The van der Waals surface area contributed by atoms with Crippen LogP contribution in [0.15, 0.2) is 17.2 Å². The summed E-state index contributed by atoms with van der Waals surface area (Å²) in [7, 11) is 0.116. The Bertz CT molecular complexity index is 456. The Morgan fingerprint density at radius 3 is 2.56 bits per heavy atom. The molecule has 6 heteroatoms. The smallest absolute Gasteiger partial charge is 0.244 e. The zero-order valence-corrected chi connectivity index (χ0v) is 12.4. The fraction of sp³-hybridized carbons (Fsp3) is 0.667. The lowest BCUT2D eigenvalue weighted by atomic mass is 10.4. The molecule has 1 aromatic heterocycles. The lowest BCUT2D eigenvalue weighted by molar-refractivity contribution is 0.486. The van der Waals surface area contributed by atoms with Crippen LogP contribution < -0.4 is 5.32 Å². The molecule has 1 heterocycles. The first-order valence-electron chi connectivity index (χ1n) is 6.27. The van der Waals surface area contributed by atoms with Gasteiger partial charge in [-0.2, -0.15) is 0 Å². The Morgan fingerprint density at radius 2 is 2.06 bits per heavy atom. The number of aromatic nitrogens is 1. The van der Waals surface area contributed by atoms with Crippen molar-refractivity contribution in [3.05, 3.63) is 18.0 Å². The highest BCUT2D eigenvalue weighted by Gasteiger charge is 2.22. The Labute approximate surface area is 110 Å². The maximum Gasteiger partial charge on any atom is 0.244 e. The maximum atomic E-state index is 12.2. The molecule has 1 aromatic rings. The molecule has 0 aliphatic carbocycles. The molecule has 0 amide bonds. The number of aryl methyl sites for hydroxylation is 1. The van der Waals surface area contributed by atoms with Crippen molar-refractivity contribution in [2.24, 2.45) is 0 Å². The van der Waals surface area contributed by atoms with Crippen LogP contribution in [0.25, 0.3) is 0 Å². The fourth-order valence-corrected chi connectivity index (χ4v) is 3.04. The highest BCUT2D eigenvalue weighted by molar-refractivity contribution is 7.89. The van der Waals surface area contributed by atoms with Gasteiger partial charge in [0, 0.05) is 38.6 Å². The van der Waals surface area contributed by atoms with Gasteiger partial charge in [0.05, 0.1) is 0 Å². The maximum absolute atomic E-state index is 12.2. The van der Waals surface area contributed by atoms with E-state index in [1.807, 2.05) is 18.5 Å². The SMILES string of the molecule is CCCn1cc(S(=O)(=O)N(C)CC)cc1CNC. The molecule has 0 unspecified atom stereocenters. The molecule has 5 nitrogen and oxygen atoms in total. The van der Waals surface area contributed by atoms with E-state index in [1.54, 1.807) is 19.3 Å². The largest absolute Gasteiger partial charge is 0.349 e. The van der Waals surface area contributed by atoms with E-state index in [1.165, 1.54) is 4.31 Å². The van der Waals surface area contributed by atoms with Gasteiger partial charge in [0.15, 0.2) is 0 Å². The van der Waals surface area contributed by atoms with Crippen molar-refractivity contribution in [3.8, 4) is 0 Å². The summed E-state index contributed by atoms with van der Waals surface area (Å²) in [5, 5.41) is 3.06. The second-order valence-electron chi connectivity index (χ2n) is 4.31. The van der Waals surface area contributed by atoms with Crippen LogP contribution in [-0.4, -0.2) is 37.9 Å². The topological polar surface area (TPSA) is 54.3 Å². The second-order valence-corrected chi connectivity index (χ2v) is 6.35. The molecule has 0 bridgehead atoms. The molecule has 0 spiro atoms. The van der Waals surface area contributed by atoms with Crippen LogP contribution in [0.2, 0.25) is 0 Å². The highest BCUT2D eigenvalue weighted by atomic mass is 32.2. The summed E-state index contributed by atoms with van der Waals surface area (Å²) in [5.41, 5.74) is 1.00. The summed E-state index contributed by atoms with van der Waals surface area (Å²) in [4.78, 5) is 0.380. The van der Waals surface area contributed by atoms with Crippen LogP contribution in [0.3, 0.4) is 0 Å². The first kappa shape index (κ1) is 15.2. The van der Waals surface area contributed by atoms with E-state index < -0.39 is 10.0 Å². The van der Waals surface area contributed by atoms with Crippen LogP contribution in [0.1, 0.15) is 26.0 Å². The number of sulfonamides is 1. The summed E-state index contributed by atoms with van der Waals surface area (Å²) in [6.07, 6.45) is 2.71. The average molecular weight is 273 g/mol. The molecule has 104 valence electrons. The van der Waals surface area contributed by atoms with Gasteiger partial charge >= 0.3 is 0 Å². The van der Waals surface area contributed by atoms with Gasteiger partial charge in [0.2, 0.25) is 10.0 Å². The Kier molecular flexibility index (Phi) is 5.37. The number of hydrogen-bond acceptors (Lipinski definition) is 3. The van der Waals surface area contributed by atoms with E-state index >= 15 is 0 Å². The molecule has 0 saturated carbocycles. The summed E-state index contributed by atoms with van der Waals surface area (Å²) >= 11 is 0. The van der Waals surface area contributed by atoms with Gasteiger partial charge in [-0.25, -0.2) is 12.7 Å². The zero-order chi connectivity index (χ0) is 13.8. The minimum Gasteiger partial charge on any atom is -0.349 e. The third kappa shape index (κ3) is 3.13. The van der Waals surface area contributed by atoms with Gasteiger partial charge < -0.3 is 9.88 Å². The van der Waals surface area contributed by atoms with Crippen molar-refractivity contribution < 1.29 is 8.42 Å². The van der Waals surface area contributed by atoms with Crippen molar-refractivity contribution >= 4 is 10.0 Å². The second kappa shape index (κ2) is 6.36. The predicted molar refractivity (Wildman–Crippen MR) is 73.0 cm³/mol. The predicted octanol–water partition coefficient (Wildman–Crippen LogP) is 1.26. The molecule has 1 rings (SSSR count). The summed E-state index contributed by atoms with van der Waals surface area (Å²) in [6.45, 7) is 5.89. The molecule has 18 heavy (non-hydrogen) atoms. The summed E-state index contributed by atoms with van der Waals surface area (Å²) in [6, 6.07) is 1.76. The van der Waals surface area contributed by atoms with Crippen molar-refractivity contribution in [3.63, 3.8) is 0 Å². The number of nitrogens with one attached hydrogen (secondary N) is 1. The molecular weight excluding hydrogens is 250 g/mol. The zero-order valence-electron chi connectivity index (χ0n) is 11.6. The normalized spacial score (nSPS) is 12.3. The lowest BCUT2D eigenvalue weighted by Crippen LogP contribution is -2.26. The van der Waals surface area contributed by atoms with Crippen LogP contribution in [0.5, 0.6) is 0 Å². The van der Waals surface area contributed by atoms with Crippen molar-refractivity contribution in [1.82, 2.24) is 14.2 Å². The lowest BCUT2D eigenvalue weighted by Gasteiger charge is -2.13. The van der Waals surface area contributed by atoms with Crippen molar-refractivity contribution in [2.75, 3.05) is 20.6 Å². The van der Waals surface area contributed by atoms with E-state index in [0.29, 0.717) is 18.0 Å². The molecule has 0 saturated heterocycles. The van der Waals surface area contributed by atoms with Crippen LogP contribution in [0.4, 0.5) is 0 Å². The summed E-state index contributed by atoms with van der Waals surface area (Å²) in [5.74, 6) is 0. The summed E-state index contributed by atoms with van der Waals surface area (Å²) < 4.78 is 27.8. The molecule has 0 radical (unpaired) electrons. The van der Waals surface area contributed by atoms with Gasteiger partial charge in [0.25, 0.3) is 0 Å². The third-order valence-corrected chi connectivity index (χ3v) is 4.83. The molecular formula is C12H23N3O2S. The third-order valence-electron chi connectivity index (χ3n) is 2.94. The van der Waals surface area contributed by atoms with Gasteiger partial charge in [-0.3, -0.25) is 0 Å². The Balaban J connectivity index is 3.14. The van der Waals surface area contributed by atoms with E-state index in [4.69, 9.17) is 0 Å². The molecule has 0 aliphatic heterocycles. The van der Waals surface area contributed by atoms with Gasteiger partial charge in [-0.1, -0.05) is 13.8 Å². The van der Waals surface area contributed by atoms with E-state index in [-0.39, 0.29) is 0 Å². The van der Waals surface area contributed by atoms with Crippen LogP contribution in [0, 0.1) is 0 Å². The molecule has 0 aromatic carbocycles. The molecule has 1 N–H and O–H groups in total. The van der Waals surface area contributed by atoms with Crippen molar-refractivity contribution in [2.45, 2.75) is 38.3 Å². The standard InChI is InChI=1S/C12H23N3O2S/c1-5-7-15-10-12(8-11(15)9-13-3)18(16,17)14(4)6-2/h8,10,13H,5-7,9H2,1-4H3. The monoisotopic (exact) mass is 273 g/mol. The minimum absolute atomic E-state index is 0.380. The van der Waals surface area contributed by atoms with Crippen LogP contribution >= 0.6 is 0 Å². The molecule has 0 atom stereocenters. The Hall–Kier alpha value is -0.850. The fourth-order valence-electron chi connectivity index (χ4n) is 1.79. The first-order valence-corrected chi connectivity index (χ1v) is 7.71. The average Bonchev–Trinajstić information content (AvgIpc) is 2.73. The number of rotatable bonds is 7. The van der Waals surface area contributed by atoms with Gasteiger partial charge in [0.1, 0.15) is 4.90 Å². The van der Waals surface area contributed by atoms with E-state index in [2.05, 4.69) is 12.2 Å². The molecule has 0 aliphatic rings. The first-order chi connectivity index (χ1) is 8.47. The number of nitrogens with zero attached hydrogens (tertiary/aromatic N) is 2. The number of hydrogen-bond donors (Lipinski definition) is 1. The highest BCUT2D eigenvalue weighted by Crippen LogP contribution is 2.18. The van der Waals surface area contributed by atoms with Gasteiger partial charge in [-0.05, 0) is 19.5 Å². The van der Waals surface area contributed by atoms with Crippen molar-refractivity contribution in [1.29, 1.82) is 0 Å². The minimum atomic E-state index is -3.34. The van der Waals surface area contributed by atoms with Crippen LogP contribution in [-0.2, 0) is 23.1 Å². The quantitative estimate of drug-likeness (QED) is 0.813. The molecule has 0 fully saturated rings. The van der Waals surface area contributed by atoms with E-state index in [0.717, 1.165) is 18.7 Å². The van der Waals surface area contributed by atoms with E-state index in [9.17, 15) is 8.42 Å².